The molecule has 2 aromatic rings. The van der Waals surface area contributed by atoms with Crippen LogP contribution in [0.3, 0.4) is 0 Å². The number of rotatable bonds is 2. The molecule has 22 heavy (non-hydrogen) atoms. The Labute approximate surface area is 141 Å². The Morgan fingerprint density at radius 2 is 1.77 bits per heavy atom. The number of halogens is 2. The van der Waals surface area contributed by atoms with Crippen molar-refractivity contribution in [1.29, 1.82) is 0 Å². The highest BCUT2D eigenvalue weighted by Crippen LogP contribution is 2.23. The summed E-state index contributed by atoms with van der Waals surface area (Å²) in [6, 6.07) is 9.93. The van der Waals surface area contributed by atoms with Crippen LogP contribution in [0.25, 0.3) is 0 Å². The first-order valence-electron chi connectivity index (χ1n) is 6.30. The Balaban J connectivity index is 2.05. The van der Waals surface area contributed by atoms with Gasteiger partial charge in [0.15, 0.2) is 0 Å². The summed E-state index contributed by atoms with van der Waals surface area (Å²) >= 11 is 9.19. The van der Waals surface area contributed by atoms with Crippen molar-refractivity contribution < 1.29 is 9.59 Å². The first-order valence-corrected chi connectivity index (χ1v) is 7.47. The Hall–Kier alpha value is -2.05. The number of amides is 2. The van der Waals surface area contributed by atoms with Crippen LogP contribution in [-0.2, 0) is 9.59 Å². The van der Waals surface area contributed by atoms with Gasteiger partial charge in [-0.05, 0) is 48.9 Å². The normalized spacial score (nSPS) is 10.1. The van der Waals surface area contributed by atoms with Crippen molar-refractivity contribution in [2.24, 2.45) is 0 Å². The first-order chi connectivity index (χ1) is 10.4. The third-order valence-corrected chi connectivity index (χ3v) is 3.72. The van der Waals surface area contributed by atoms with E-state index in [1.54, 1.807) is 24.3 Å². The summed E-state index contributed by atoms with van der Waals surface area (Å²) < 4.78 is 0.893. The van der Waals surface area contributed by atoms with Crippen LogP contribution >= 0.6 is 27.5 Å². The molecular formula is C15H13BrClN3O2. The number of carbonyl (C=O) groups is 2. The molecule has 0 unspecified atom stereocenters. The average Bonchev–Trinajstić information content (AvgIpc) is 2.45. The van der Waals surface area contributed by atoms with Crippen LogP contribution in [0.1, 0.15) is 5.56 Å². The number of nitrogen functional groups attached to an aromatic ring is 1. The van der Waals surface area contributed by atoms with E-state index in [-0.39, 0.29) is 0 Å². The molecule has 2 amide bonds. The molecule has 0 aliphatic heterocycles. The number of aryl methyl sites for hydroxylation is 1. The second-order valence-electron chi connectivity index (χ2n) is 4.60. The lowest BCUT2D eigenvalue weighted by Gasteiger charge is -2.09. The molecule has 0 saturated carbocycles. The van der Waals surface area contributed by atoms with E-state index in [2.05, 4.69) is 26.6 Å². The van der Waals surface area contributed by atoms with Gasteiger partial charge < -0.3 is 16.4 Å². The molecule has 4 N–H and O–H groups in total. The molecule has 0 aliphatic rings. The molecule has 2 rings (SSSR count). The Morgan fingerprint density at radius 1 is 1.09 bits per heavy atom. The second-order valence-corrected chi connectivity index (χ2v) is 5.93. The van der Waals surface area contributed by atoms with Gasteiger partial charge in [-0.25, -0.2) is 0 Å². The molecule has 0 heterocycles. The second kappa shape index (κ2) is 6.81. The van der Waals surface area contributed by atoms with Gasteiger partial charge in [0.2, 0.25) is 0 Å². The van der Waals surface area contributed by atoms with Crippen LogP contribution < -0.4 is 16.4 Å². The minimum Gasteiger partial charge on any atom is -0.398 e. The summed E-state index contributed by atoms with van der Waals surface area (Å²) in [4.78, 5) is 23.8. The number of hydrogen-bond acceptors (Lipinski definition) is 3. The summed E-state index contributed by atoms with van der Waals surface area (Å²) in [5.41, 5.74) is 7.78. The first kappa shape index (κ1) is 16.3. The molecule has 7 heteroatoms. The molecule has 0 saturated heterocycles. The van der Waals surface area contributed by atoms with E-state index < -0.39 is 11.8 Å². The van der Waals surface area contributed by atoms with E-state index in [1.165, 1.54) is 6.07 Å². The lowest BCUT2D eigenvalue weighted by Crippen LogP contribution is -2.29. The minimum atomic E-state index is -0.789. The standard InChI is InChI=1S/C15H13BrClN3O2/c1-8-6-9(16)2-5-13(8)20-15(22)14(21)19-10-3-4-12(18)11(17)7-10/h2-7H,18H2,1H3,(H,19,21)(H,20,22). The molecule has 114 valence electrons. The topological polar surface area (TPSA) is 84.2 Å². The summed E-state index contributed by atoms with van der Waals surface area (Å²) in [7, 11) is 0. The zero-order valence-corrected chi connectivity index (χ0v) is 14.0. The number of nitrogens with two attached hydrogens (primary N) is 1. The van der Waals surface area contributed by atoms with Crippen molar-refractivity contribution in [3.05, 3.63) is 51.5 Å². The lowest BCUT2D eigenvalue weighted by atomic mass is 10.2. The van der Waals surface area contributed by atoms with Crippen molar-refractivity contribution in [2.45, 2.75) is 6.92 Å². The fraction of sp³-hybridized carbons (Fsp3) is 0.0667. The highest BCUT2D eigenvalue weighted by atomic mass is 79.9. The van der Waals surface area contributed by atoms with Crippen molar-refractivity contribution in [2.75, 3.05) is 16.4 Å². The molecule has 0 atom stereocenters. The smallest absolute Gasteiger partial charge is 0.314 e. The molecular weight excluding hydrogens is 370 g/mol. The number of anilines is 3. The molecule has 5 nitrogen and oxygen atoms in total. The van der Waals surface area contributed by atoms with Crippen LogP contribution in [0.2, 0.25) is 5.02 Å². The SMILES string of the molecule is Cc1cc(Br)ccc1NC(=O)C(=O)Nc1ccc(N)c(Cl)c1. The van der Waals surface area contributed by atoms with Gasteiger partial charge in [-0.3, -0.25) is 9.59 Å². The largest absolute Gasteiger partial charge is 0.398 e. The fourth-order valence-corrected chi connectivity index (χ4v) is 2.40. The molecule has 0 fully saturated rings. The summed E-state index contributed by atoms with van der Waals surface area (Å²) in [6.07, 6.45) is 0. The highest BCUT2D eigenvalue weighted by molar-refractivity contribution is 9.10. The van der Waals surface area contributed by atoms with E-state index in [1.807, 2.05) is 13.0 Å². The molecule has 0 radical (unpaired) electrons. The number of hydrogen-bond donors (Lipinski definition) is 3. The lowest BCUT2D eigenvalue weighted by molar-refractivity contribution is -0.133. The van der Waals surface area contributed by atoms with Gasteiger partial charge in [0.05, 0.1) is 10.7 Å². The van der Waals surface area contributed by atoms with Crippen LogP contribution in [-0.4, -0.2) is 11.8 Å². The van der Waals surface area contributed by atoms with Gasteiger partial charge in [0, 0.05) is 15.8 Å². The molecule has 0 bridgehead atoms. The van der Waals surface area contributed by atoms with Crippen molar-refractivity contribution in [3.63, 3.8) is 0 Å². The van der Waals surface area contributed by atoms with Crippen molar-refractivity contribution in [3.8, 4) is 0 Å². The van der Waals surface area contributed by atoms with Gasteiger partial charge in [-0.2, -0.15) is 0 Å². The van der Waals surface area contributed by atoms with Gasteiger partial charge in [-0.1, -0.05) is 27.5 Å². The Bertz CT molecular complexity index is 750. The van der Waals surface area contributed by atoms with E-state index in [9.17, 15) is 9.59 Å². The maximum atomic E-state index is 11.9. The highest BCUT2D eigenvalue weighted by Gasteiger charge is 2.15. The predicted molar refractivity (Wildman–Crippen MR) is 92.0 cm³/mol. The molecule has 0 aliphatic carbocycles. The summed E-state index contributed by atoms with van der Waals surface area (Å²) in [6.45, 7) is 1.83. The number of carbonyl (C=O) groups excluding carboxylic acids is 2. The quantitative estimate of drug-likeness (QED) is 0.548. The summed E-state index contributed by atoms with van der Waals surface area (Å²) in [5, 5.41) is 5.32. The monoisotopic (exact) mass is 381 g/mol. The van der Waals surface area contributed by atoms with Crippen LogP contribution in [0.5, 0.6) is 0 Å². The van der Waals surface area contributed by atoms with E-state index in [0.717, 1.165) is 10.0 Å². The predicted octanol–water partition coefficient (Wildman–Crippen LogP) is 3.57. The van der Waals surface area contributed by atoms with Gasteiger partial charge in [0.25, 0.3) is 0 Å². The maximum absolute atomic E-state index is 11.9. The Kier molecular flexibility index (Phi) is 5.05. The van der Waals surface area contributed by atoms with Crippen LogP contribution in [0.15, 0.2) is 40.9 Å². The molecule has 0 spiro atoms. The van der Waals surface area contributed by atoms with Crippen molar-refractivity contribution in [1.82, 2.24) is 0 Å². The van der Waals surface area contributed by atoms with Crippen molar-refractivity contribution >= 4 is 56.4 Å². The van der Waals surface area contributed by atoms with E-state index in [4.69, 9.17) is 17.3 Å². The van der Waals surface area contributed by atoms with E-state index >= 15 is 0 Å². The zero-order chi connectivity index (χ0) is 16.3. The number of benzene rings is 2. The third kappa shape index (κ3) is 3.99. The Morgan fingerprint density at radius 3 is 2.41 bits per heavy atom. The summed E-state index contributed by atoms with van der Waals surface area (Å²) in [5.74, 6) is -1.55. The zero-order valence-electron chi connectivity index (χ0n) is 11.6. The molecule has 2 aromatic carbocycles. The molecule has 0 aromatic heterocycles. The van der Waals surface area contributed by atoms with Gasteiger partial charge in [0.1, 0.15) is 0 Å². The maximum Gasteiger partial charge on any atom is 0.314 e. The van der Waals surface area contributed by atoms with Crippen LogP contribution in [0.4, 0.5) is 17.1 Å². The fourth-order valence-electron chi connectivity index (χ4n) is 1.74. The van der Waals surface area contributed by atoms with Gasteiger partial charge >= 0.3 is 11.8 Å². The van der Waals surface area contributed by atoms with Gasteiger partial charge in [-0.15, -0.1) is 0 Å². The average molecular weight is 383 g/mol. The number of nitrogens with one attached hydrogen (secondary N) is 2. The third-order valence-electron chi connectivity index (χ3n) is 2.90. The van der Waals surface area contributed by atoms with E-state index in [0.29, 0.717) is 22.1 Å². The minimum absolute atomic E-state index is 0.307. The van der Waals surface area contributed by atoms with Crippen LogP contribution in [0, 0.1) is 6.92 Å².